The topological polar surface area (TPSA) is 80.7 Å². The number of aliphatic carboxylic acids is 1. The Hall–Kier alpha value is -5.67. The molecule has 0 aliphatic rings. The molecule has 0 saturated heterocycles. The summed E-state index contributed by atoms with van der Waals surface area (Å²) in [6.07, 6.45) is 4.66. The molecule has 0 unspecified atom stereocenters. The number of ether oxygens (including phenoxy) is 3. The second-order valence-corrected chi connectivity index (χ2v) is 14.5. The Morgan fingerprint density at radius 2 is 1.16 bits per heavy atom. The Morgan fingerprint density at radius 1 is 0.649 bits per heavy atom. The van der Waals surface area contributed by atoms with Gasteiger partial charge >= 0.3 is 29.6 Å². The van der Waals surface area contributed by atoms with Gasteiger partial charge in [-0.15, -0.1) is 11.3 Å². The maximum atomic E-state index is 12.5. The molecule has 0 fully saturated rings. The summed E-state index contributed by atoms with van der Waals surface area (Å²) < 4.78 is 20.4. The quantitative estimate of drug-likeness (QED) is 0.0861. The predicted octanol–water partition coefficient (Wildman–Crippen LogP) is 8.53. The van der Waals surface area contributed by atoms with Gasteiger partial charge in [-0.1, -0.05) is 121 Å². The van der Waals surface area contributed by atoms with E-state index >= 15 is 0 Å². The Kier molecular flexibility index (Phi) is 12.9. The molecule has 2 aromatic heterocycles. The minimum absolute atomic E-state index is 0. The van der Waals surface area contributed by atoms with Gasteiger partial charge in [-0.25, -0.2) is 0 Å². The third-order valence-corrected chi connectivity index (χ3v) is 10.5. The van der Waals surface area contributed by atoms with Gasteiger partial charge in [-0.3, -0.25) is 4.98 Å². The average Bonchev–Trinajstić information content (AvgIpc) is 3.57. The third kappa shape index (κ3) is 9.66. The van der Waals surface area contributed by atoms with E-state index in [4.69, 9.17) is 25.8 Å². The summed E-state index contributed by atoms with van der Waals surface area (Å²) in [5, 5.41) is 13.8. The number of carbonyl (C=O) groups excluding carboxylic acids is 1. The van der Waals surface area contributed by atoms with Gasteiger partial charge in [0.05, 0.1) is 10.8 Å². The summed E-state index contributed by atoms with van der Waals surface area (Å²) >= 11 is 7.57. The zero-order valence-corrected chi connectivity index (χ0v) is 34.5. The maximum absolute atomic E-state index is 12.5. The Balaban J connectivity index is 0.00000496. The standard InChI is InChI=1S/C48H34ClNO5S.Na/c49-39-19-21-40(22-20-39)55-47-42-27-43(53-30-32-11-15-36(16-12-32)34-7-3-1-4-8-34)44(54-31-33-13-17-37(18-14-33)35-9-5-2-6-10-35)29-45(42)56-46(47)28-41(48(51)52)38-23-25-50-26-24-38;/h1-29H,30-31H2,(H,51,52);/q;+1/p-1/b41-28+;. The van der Waals surface area contributed by atoms with E-state index in [0.29, 0.717) is 45.1 Å². The molecule has 57 heavy (non-hydrogen) atoms. The van der Waals surface area contributed by atoms with Crippen LogP contribution in [0.1, 0.15) is 21.6 Å². The van der Waals surface area contributed by atoms with Gasteiger partial charge in [-0.2, -0.15) is 0 Å². The van der Waals surface area contributed by atoms with Crippen molar-refractivity contribution in [3.63, 3.8) is 0 Å². The first-order valence-corrected chi connectivity index (χ1v) is 19.1. The molecule has 8 aromatic rings. The van der Waals surface area contributed by atoms with E-state index in [-0.39, 0.29) is 41.7 Å². The summed E-state index contributed by atoms with van der Waals surface area (Å²) in [5.41, 5.74) is 6.93. The molecule has 8 rings (SSSR count). The van der Waals surface area contributed by atoms with Gasteiger partial charge in [-0.05, 0) is 87.5 Å². The summed E-state index contributed by atoms with van der Waals surface area (Å²) in [7, 11) is 0. The Bertz CT molecular complexity index is 2620. The molecule has 274 valence electrons. The smallest absolute Gasteiger partial charge is 0.545 e. The second kappa shape index (κ2) is 18.5. The number of carboxylic acid groups (broad SMARTS) is 1. The molecular weight excluding hydrogens is 761 g/mol. The molecule has 0 bridgehead atoms. The molecule has 9 heteroatoms. The zero-order valence-electron chi connectivity index (χ0n) is 30.9. The van der Waals surface area contributed by atoms with Gasteiger partial charge in [0.2, 0.25) is 0 Å². The van der Waals surface area contributed by atoms with Crippen molar-refractivity contribution in [1.29, 1.82) is 0 Å². The number of rotatable bonds is 13. The number of hydrogen-bond donors (Lipinski definition) is 0. The fourth-order valence-electron chi connectivity index (χ4n) is 6.24. The average molecular weight is 794 g/mol. The van der Waals surface area contributed by atoms with Crippen LogP contribution in [0.4, 0.5) is 0 Å². The summed E-state index contributed by atoms with van der Waals surface area (Å²) in [4.78, 5) is 17.1. The van der Waals surface area contributed by atoms with Gasteiger partial charge in [0, 0.05) is 39.1 Å². The first-order chi connectivity index (χ1) is 27.5. The number of benzene rings is 6. The fourth-order valence-corrected chi connectivity index (χ4v) is 7.45. The summed E-state index contributed by atoms with van der Waals surface area (Å²) in [6.45, 7) is 0.579. The van der Waals surface area contributed by atoms with Crippen LogP contribution in [0, 0.1) is 0 Å². The van der Waals surface area contributed by atoms with Gasteiger partial charge in [0.1, 0.15) is 19.0 Å². The first-order valence-electron chi connectivity index (χ1n) is 17.9. The number of carboxylic acids is 1. The van der Waals surface area contributed by atoms with Crippen LogP contribution >= 0.6 is 22.9 Å². The van der Waals surface area contributed by atoms with Gasteiger partial charge in [0.15, 0.2) is 17.2 Å². The molecule has 0 N–H and O–H groups in total. The van der Waals surface area contributed by atoms with Crippen LogP contribution in [0.15, 0.2) is 170 Å². The van der Waals surface area contributed by atoms with Crippen molar-refractivity contribution in [2.75, 3.05) is 0 Å². The van der Waals surface area contributed by atoms with Crippen LogP contribution in [0.25, 0.3) is 44.0 Å². The number of hydrogen-bond acceptors (Lipinski definition) is 7. The van der Waals surface area contributed by atoms with Crippen LogP contribution in [-0.2, 0) is 18.0 Å². The van der Waals surface area contributed by atoms with Crippen molar-refractivity contribution < 1.29 is 53.7 Å². The molecule has 0 aliphatic carbocycles. The number of halogens is 1. The van der Waals surface area contributed by atoms with Crippen molar-refractivity contribution in [3.8, 4) is 45.3 Å². The summed E-state index contributed by atoms with van der Waals surface area (Å²) in [6, 6.07) is 51.1. The Labute approximate surface area is 361 Å². The fraction of sp³-hybridized carbons (Fsp3) is 0.0417. The normalized spacial score (nSPS) is 11.1. The number of fused-ring (bicyclic) bond motifs is 1. The second-order valence-electron chi connectivity index (χ2n) is 12.9. The molecule has 0 saturated carbocycles. The van der Waals surface area contributed by atoms with Crippen molar-refractivity contribution in [2.45, 2.75) is 13.2 Å². The zero-order chi connectivity index (χ0) is 38.3. The minimum atomic E-state index is -1.32. The molecule has 0 atom stereocenters. The van der Waals surface area contributed by atoms with E-state index in [1.165, 1.54) is 11.3 Å². The van der Waals surface area contributed by atoms with E-state index < -0.39 is 5.97 Å². The van der Waals surface area contributed by atoms with Crippen LogP contribution in [0.5, 0.6) is 23.0 Å². The largest absolute Gasteiger partial charge is 1.00 e. The van der Waals surface area contributed by atoms with Crippen molar-refractivity contribution in [2.24, 2.45) is 0 Å². The molecule has 0 spiro atoms. The van der Waals surface area contributed by atoms with Crippen LogP contribution < -0.4 is 48.9 Å². The third-order valence-electron chi connectivity index (χ3n) is 9.17. The van der Waals surface area contributed by atoms with Crippen LogP contribution in [-0.4, -0.2) is 11.0 Å². The molecule has 6 aromatic carbocycles. The van der Waals surface area contributed by atoms with E-state index in [1.54, 1.807) is 54.9 Å². The molecular formula is C48H33ClNNaO5S. The SMILES string of the molecule is O=C([O-])/C(=C/c1sc2cc(OCc3ccc(-c4ccccc4)cc3)c(OCc3ccc(-c4ccccc4)cc3)cc2c1Oc1ccc(Cl)cc1)c1ccncc1.[Na+]. The van der Waals surface area contributed by atoms with Crippen LogP contribution in [0.3, 0.4) is 0 Å². The van der Waals surface area contributed by atoms with E-state index in [9.17, 15) is 9.90 Å². The van der Waals surface area contributed by atoms with Crippen molar-refractivity contribution in [1.82, 2.24) is 4.98 Å². The molecule has 0 radical (unpaired) electrons. The van der Waals surface area contributed by atoms with Crippen molar-refractivity contribution >= 4 is 50.6 Å². The number of pyridine rings is 1. The molecule has 2 heterocycles. The predicted molar refractivity (Wildman–Crippen MR) is 223 cm³/mol. The van der Waals surface area contributed by atoms with E-state index in [2.05, 4.69) is 77.8 Å². The number of carbonyl (C=O) groups is 1. The van der Waals surface area contributed by atoms with Gasteiger partial charge < -0.3 is 24.1 Å². The van der Waals surface area contributed by atoms with Gasteiger partial charge in [0.25, 0.3) is 0 Å². The van der Waals surface area contributed by atoms with E-state index in [1.807, 2.05) is 48.5 Å². The molecule has 0 amide bonds. The summed E-state index contributed by atoms with van der Waals surface area (Å²) in [5.74, 6) is 0.711. The monoisotopic (exact) mass is 793 g/mol. The first kappa shape index (κ1) is 39.6. The van der Waals surface area contributed by atoms with Crippen LogP contribution in [0.2, 0.25) is 5.02 Å². The maximum Gasteiger partial charge on any atom is 1.00 e. The number of aromatic nitrogens is 1. The number of thiophene rings is 1. The van der Waals surface area contributed by atoms with Crippen molar-refractivity contribution in [3.05, 3.63) is 197 Å². The molecule has 0 aliphatic heterocycles. The number of nitrogens with zero attached hydrogens (tertiary/aromatic N) is 1. The Morgan fingerprint density at radius 3 is 1.68 bits per heavy atom. The minimum Gasteiger partial charge on any atom is -0.545 e. The van der Waals surface area contributed by atoms with E-state index in [0.717, 1.165) is 43.5 Å². The molecule has 6 nitrogen and oxygen atoms in total.